The standard InChI is InChI=1S/C17H19N5O2/c23-16-5-4-13(11-18-16)17(24)22-8-6-21(7-9-22)15-10-12-2-1-3-14(12)19-20-15/h4-5,10-11H,1-3,6-9H2,(H,18,23). The molecular weight excluding hydrogens is 306 g/mol. The van der Waals surface area contributed by atoms with Crippen LogP contribution in [0.1, 0.15) is 28.0 Å². The molecule has 0 aromatic carbocycles. The lowest BCUT2D eigenvalue weighted by atomic mass is 10.2. The molecule has 2 aromatic heterocycles. The van der Waals surface area contributed by atoms with Gasteiger partial charge in [-0.1, -0.05) is 0 Å². The Hall–Kier alpha value is -2.70. The van der Waals surface area contributed by atoms with E-state index in [9.17, 15) is 9.59 Å². The van der Waals surface area contributed by atoms with Gasteiger partial charge in [0.05, 0.1) is 11.3 Å². The van der Waals surface area contributed by atoms with Crippen LogP contribution in [0.4, 0.5) is 5.82 Å². The number of amides is 1. The molecule has 7 heteroatoms. The highest BCUT2D eigenvalue weighted by Crippen LogP contribution is 2.23. The molecule has 0 spiro atoms. The van der Waals surface area contributed by atoms with Crippen molar-refractivity contribution in [2.24, 2.45) is 0 Å². The van der Waals surface area contributed by atoms with Crippen molar-refractivity contribution >= 4 is 11.7 Å². The number of hydrogen-bond donors (Lipinski definition) is 1. The van der Waals surface area contributed by atoms with Gasteiger partial charge in [-0.05, 0) is 37.0 Å². The van der Waals surface area contributed by atoms with Crippen molar-refractivity contribution in [2.45, 2.75) is 19.3 Å². The molecule has 3 heterocycles. The Bertz CT molecular complexity index is 803. The summed E-state index contributed by atoms with van der Waals surface area (Å²) in [5, 5.41) is 8.68. The molecule has 0 unspecified atom stereocenters. The molecule has 1 amide bonds. The summed E-state index contributed by atoms with van der Waals surface area (Å²) in [6.07, 6.45) is 4.75. The third-order valence-electron chi connectivity index (χ3n) is 4.73. The fourth-order valence-corrected chi connectivity index (χ4v) is 3.34. The van der Waals surface area contributed by atoms with E-state index in [4.69, 9.17) is 0 Å². The maximum Gasteiger partial charge on any atom is 0.255 e. The van der Waals surface area contributed by atoms with Gasteiger partial charge in [0.15, 0.2) is 5.82 Å². The number of piperazine rings is 1. The summed E-state index contributed by atoms with van der Waals surface area (Å²) >= 11 is 0. The van der Waals surface area contributed by atoms with Crippen LogP contribution in [0.2, 0.25) is 0 Å². The minimum atomic E-state index is -0.202. The zero-order chi connectivity index (χ0) is 16.5. The van der Waals surface area contributed by atoms with E-state index in [0.717, 1.165) is 43.9 Å². The third kappa shape index (κ3) is 2.77. The number of aromatic nitrogens is 3. The SMILES string of the molecule is O=C(c1ccc(=O)[nH]c1)N1CCN(c2cc3c(nn2)CCC3)CC1. The van der Waals surface area contributed by atoms with Crippen LogP contribution >= 0.6 is 0 Å². The molecule has 0 bridgehead atoms. The Kier molecular flexibility index (Phi) is 3.76. The van der Waals surface area contributed by atoms with Gasteiger partial charge in [0.2, 0.25) is 5.56 Å². The number of carbonyl (C=O) groups excluding carboxylic acids is 1. The molecule has 0 atom stereocenters. The third-order valence-corrected chi connectivity index (χ3v) is 4.73. The summed E-state index contributed by atoms with van der Waals surface area (Å²) < 4.78 is 0. The van der Waals surface area contributed by atoms with E-state index >= 15 is 0 Å². The maximum absolute atomic E-state index is 12.5. The second kappa shape index (κ2) is 6.07. The van der Waals surface area contributed by atoms with Crippen LogP contribution in [-0.2, 0) is 12.8 Å². The first kappa shape index (κ1) is 14.9. The number of H-pyrrole nitrogens is 1. The van der Waals surface area contributed by atoms with Crippen molar-refractivity contribution in [1.29, 1.82) is 0 Å². The lowest BCUT2D eigenvalue weighted by Gasteiger charge is -2.35. The summed E-state index contributed by atoms with van der Waals surface area (Å²) in [5.41, 5.74) is 2.75. The summed E-state index contributed by atoms with van der Waals surface area (Å²) in [6.45, 7) is 2.75. The number of anilines is 1. The Morgan fingerprint density at radius 1 is 1.08 bits per heavy atom. The van der Waals surface area contributed by atoms with Gasteiger partial charge in [-0.2, -0.15) is 5.10 Å². The Labute approximate surface area is 139 Å². The molecule has 2 aliphatic rings. The quantitative estimate of drug-likeness (QED) is 0.875. The molecule has 7 nitrogen and oxygen atoms in total. The van der Waals surface area contributed by atoms with Gasteiger partial charge >= 0.3 is 0 Å². The van der Waals surface area contributed by atoms with Crippen molar-refractivity contribution in [3.63, 3.8) is 0 Å². The van der Waals surface area contributed by atoms with Crippen LogP contribution < -0.4 is 10.5 Å². The Morgan fingerprint density at radius 3 is 2.67 bits per heavy atom. The molecule has 1 fully saturated rings. The van der Waals surface area contributed by atoms with Crippen molar-refractivity contribution in [3.8, 4) is 0 Å². The van der Waals surface area contributed by atoms with Crippen molar-refractivity contribution < 1.29 is 4.79 Å². The van der Waals surface area contributed by atoms with Crippen LogP contribution in [0.15, 0.2) is 29.2 Å². The lowest BCUT2D eigenvalue weighted by Crippen LogP contribution is -2.49. The summed E-state index contributed by atoms with van der Waals surface area (Å²) in [4.78, 5) is 30.1. The largest absolute Gasteiger partial charge is 0.352 e. The van der Waals surface area contributed by atoms with E-state index in [0.29, 0.717) is 18.7 Å². The second-order valence-corrected chi connectivity index (χ2v) is 6.25. The molecule has 1 aliphatic carbocycles. The van der Waals surface area contributed by atoms with Gasteiger partial charge in [0.1, 0.15) is 0 Å². The highest BCUT2D eigenvalue weighted by atomic mass is 16.2. The van der Waals surface area contributed by atoms with Crippen LogP contribution in [0.25, 0.3) is 0 Å². The second-order valence-electron chi connectivity index (χ2n) is 6.25. The Morgan fingerprint density at radius 2 is 1.92 bits per heavy atom. The fraction of sp³-hybridized carbons (Fsp3) is 0.412. The van der Waals surface area contributed by atoms with Crippen molar-refractivity contribution in [3.05, 3.63) is 51.6 Å². The maximum atomic E-state index is 12.5. The number of rotatable bonds is 2. The molecule has 1 saturated heterocycles. The molecular formula is C17H19N5O2. The minimum absolute atomic E-state index is 0.0501. The number of pyridine rings is 1. The van der Waals surface area contributed by atoms with E-state index in [1.807, 2.05) is 4.90 Å². The van der Waals surface area contributed by atoms with Gasteiger partial charge in [-0.25, -0.2) is 0 Å². The van der Waals surface area contributed by atoms with E-state index in [2.05, 4.69) is 26.1 Å². The van der Waals surface area contributed by atoms with Gasteiger partial charge in [0.25, 0.3) is 5.91 Å². The van der Waals surface area contributed by atoms with Crippen LogP contribution in [0.5, 0.6) is 0 Å². The molecule has 124 valence electrons. The minimum Gasteiger partial charge on any atom is -0.352 e. The lowest BCUT2D eigenvalue weighted by molar-refractivity contribution is 0.0746. The fourth-order valence-electron chi connectivity index (χ4n) is 3.34. The van der Waals surface area contributed by atoms with E-state index < -0.39 is 0 Å². The number of nitrogens with one attached hydrogen (secondary N) is 1. The van der Waals surface area contributed by atoms with Crippen molar-refractivity contribution in [1.82, 2.24) is 20.1 Å². The number of carbonyl (C=O) groups is 1. The first-order chi connectivity index (χ1) is 11.7. The molecule has 24 heavy (non-hydrogen) atoms. The van der Waals surface area contributed by atoms with Gasteiger partial charge in [-0.3, -0.25) is 9.59 Å². The van der Waals surface area contributed by atoms with E-state index in [-0.39, 0.29) is 11.5 Å². The molecule has 0 radical (unpaired) electrons. The zero-order valence-electron chi connectivity index (χ0n) is 13.4. The molecule has 1 aliphatic heterocycles. The average molecular weight is 325 g/mol. The van der Waals surface area contributed by atoms with Gasteiger partial charge in [0, 0.05) is 38.4 Å². The monoisotopic (exact) mass is 325 g/mol. The van der Waals surface area contributed by atoms with Crippen LogP contribution in [-0.4, -0.2) is 52.2 Å². The van der Waals surface area contributed by atoms with Crippen molar-refractivity contribution in [2.75, 3.05) is 31.1 Å². The highest BCUT2D eigenvalue weighted by Gasteiger charge is 2.24. The summed E-state index contributed by atoms with van der Waals surface area (Å²) in [7, 11) is 0. The number of aryl methyl sites for hydroxylation is 2. The first-order valence-corrected chi connectivity index (χ1v) is 8.29. The van der Waals surface area contributed by atoms with Crippen LogP contribution in [0, 0.1) is 0 Å². The zero-order valence-corrected chi connectivity index (χ0v) is 13.4. The summed E-state index contributed by atoms with van der Waals surface area (Å²) in [5.74, 6) is 0.859. The number of aromatic amines is 1. The molecule has 2 aromatic rings. The van der Waals surface area contributed by atoms with Crippen LogP contribution in [0.3, 0.4) is 0 Å². The smallest absolute Gasteiger partial charge is 0.255 e. The Balaban J connectivity index is 1.42. The average Bonchev–Trinajstić information content (AvgIpc) is 3.09. The normalized spacial score (nSPS) is 17.0. The molecule has 4 rings (SSSR count). The first-order valence-electron chi connectivity index (χ1n) is 8.29. The number of nitrogens with zero attached hydrogens (tertiary/aromatic N) is 4. The summed E-state index contributed by atoms with van der Waals surface area (Å²) in [6, 6.07) is 5.10. The number of hydrogen-bond acceptors (Lipinski definition) is 5. The predicted molar refractivity (Wildman–Crippen MR) is 89.2 cm³/mol. The predicted octanol–water partition coefficient (Wildman–Crippen LogP) is 0.616. The van der Waals surface area contributed by atoms with Gasteiger partial charge < -0.3 is 14.8 Å². The topological polar surface area (TPSA) is 82.2 Å². The number of fused-ring (bicyclic) bond motifs is 1. The molecule has 0 saturated carbocycles. The van der Waals surface area contributed by atoms with E-state index in [1.165, 1.54) is 17.8 Å². The highest BCUT2D eigenvalue weighted by molar-refractivity contribution is 5.94. The van der Waals surface area contributed by atoms with Gasteiger partial charge in [-0.15, -0.1) is 5.10 Å². The van der Waals surface area contributed by atoms with E-state index in [1.54, 1.807) is 6.07 Å². The molecule has 1 N–H and O–H groups in total.